The number of fused-ring (bicyclic) bond motifs is 1. The van der Waals surface area contributed by atoms with Crippen LogP contribution in [-0.4, -0.2) is 29.7 Å². The lowest BCUT2D eigenvalue weighted by Crippen LogP contribution is -2.32. The van der Waals surface area contributed by atoms with E-state index < -0.39 is 5.82 Å². The molecule has 0 radical (unpaired) electrons. The SMILES string of the molecule is CN=C1CN(O)C(c2ccc(F)cc2)=c2cc(F)ccc2=N1. The van der Waals surface area contributed by atoms with Crippen LogP contribution in [0, 0.1) is 11.6 Å². The molecule has 0 atom stereocenters. The largest absolute Gasteiger partial charge is 0.288 e. The second kappa shape index (κ2) is 5.65. The lowest BCUT2D eigenvalue weighted by molar-refractivity contribution is -0.0120. The highest BCUT2D eigenvalue weighted by Crippen LogP contribution is 2.16. The van der Waals surface area contributed by atoms with Crippen LogP contribution in [-0.2, 0) is 0 Å². The molecule has 2 aromatic carbocycles. The number of amidine groups is 1. The molecule has 1 heterocycles. The number of aliphatic imine (C=N–C) groups is 1. The smallest absolute Gasteiger partial charge is 0.145 e. The third-order valence-corrected chi connectivity index (χ3v) is 3.39. The Morgan fingerprint density at radius 1 is 1.09 bits per heavy atom. The number of hydrogen-bond acceptors (Lipinski definition) is 3. The second-order valence-electron chi connectivity index (χ2n) is 4.83. The first-order valence-corrected chi connectivity index (χ1v) is 6.65. The van der Waals surface area contributed by atoms with E-state index in [4.69, 9.17) is 0 Å². The molecule has 3 rings (SSSR count). The Morgan fingerprint density at radius 2 is 1.77 bits per heavy atom. The lowest BCUT2D eigenvalue weighted by atomic mass is 10.1. The molecule has 1 aliphatic rings. The molecule has 1 aliphatic heterocycles. The van der Waals surface area contributed by atoms with Crippen molar-refractivity contribution >= 4 is 11.5 Å². The first-order chi connectivity index (χ1) is 10.6. The fourth-order valence-electron chi connectivity index (χ4n) is 2.35. The van der Waals surface area contributed by atoms with Gasteiger partial charge in [-0.1, -0.05) is 0 Å². The molecule has 0 saturated heterocycles. The average molecular weight is 301 g/mol. The van der Waals surface area contributed by atoms with Crippen molar-refractivity contribution in [2.45, 2.75) is 0 Å². The van der Waals surface area contributed by atoms with Crippen molar-refractivity contribution in [1.29, 1.82) is 0 Å². The summed E-state index contributed by atoms with van der Waals surface area (Å²) in [5, 5.41) is 12.2. The van der Waals surface area contributed by atoms with E-state index >= 15 is 0 Å². The number of hydrogen-bond donors (Lipinski definition) is 1. The predicted molar refractivity (Wildman–Crippen MR) is 77.9 cm³/mol. The van der Waals surface area contributed by atoms with Gasteiger partial charge in [-0.15, -0.1) is 0 Å². The molecule has 6 heteroatoms. The normalized spacial score (nSPS) is 16.3. The van der Waals surface area contributed by atoms with Crippen molar-refractivity contribution in [3.05, 3.63) is 70.2 Å². The van der Waals surface area contributed by atoms with Gasteiger partial charge < -0.3 is 0 Å². The van der Waals surface area contributed by atoms with Gasteiger partial charge in [-0.05, 0) is 42.5 Å². The number of nitrogens with zero attached hydrogens (tertiary/aromatic N) is 3. The molecule has 1 N–H and O–H groups in total. The van der Waals surface area contributed by atoms with Gasteiger partial charge >= 0.3 is 0 Å². The molecule has 22 heavy (non-hydrogen) atoms. The molecule has 0 spiro atoms. The zero-order chi connectivity index (χ0) is 15.7. The summed E-state index contributed by atoms with van der Waals surface area (Å²) in [6.07, 6.45) is 0. The maximum Gasteiger partial charge on any atom is 0.145 e. The van der Waals surface area contributed by atoms with E-state index in [1.165, 1.54) is 42.5 Å². The summed E-state index contributed by atoms with van der Waals surface area (Å²) in [5.74, 6) is -0.422. The summed E-state index contributed by atoms with van der Waals surface area (Å²) < 4.78 is 26.8. The minimum atomic E-state index is -0.446. The maximum absolute atomic E-state index is 13.6. The van der Waals surface area contributed by atoms with Gasteiger partial charge in [0.05, 0.1) is 11.1 Å². The highest BCUT2D eigenvalue weighted by atomic mass is 19.1. The van der Waals surface area contributed by atoms with Crippen molar-refractivity contribution in [2.24, 2.45) is 9.98 Å². The van der Waals surface area contributed by atoms with E-state index in [0.29, 0.717) is 27.7 Å². The summed E-state index contributed by atoms with van der Waals surface area (Å²) in [7, 11) is 1.57. The van der Waals surface area contributed by atoms with Crippen molar-refractivity contribution in [3.63, 3.8) is 0 Å². The van der Waals surface area contributed by atoms with E-state index in [1.807, 2.05) is 0 Å². The van der Waals surface area contributed by atoms with Gasteiger partial charge in [0, 0.05) is 17.8 Å². The van der Waals surface area contributed by atoms with E-state index in [9.17, 15) is 14.0 Å². The third-order valence-electron chi connectivity index (χ3n) is 3.39. The molecule has 0 aromatic heterocycles. The molecule has 0 aliphatic carbocycles. The number of hydroxylamine groups is 2. The van der Waals surface area contributed by atoms with Crippen LogP contribution >= 0.6 is 0 Å². The summed E-state index contributed by atoms with van der Waals surface area (Å²) >= 11 is 0. The number of rotatable bonds is 1. The fraction of sp³-hybridized carbons (Fsp3) is 0.125. The summed E-state index contributed by atoms with van der Waals surface area (Å²) in [4.78, 5) is 8.33. The van der Waals surface area contributed by atoms with Gasteiger partial charge in [0.1, 0.15) is 24.0 Å². The molecule has 2 aromatic rings. The molecule has 112 valence electrons. The van der Waals surface area contributed by atoms with Crippen LogP contribution in [0.5, 0.6) is 0 Å². The second-order valence-corrected chi connectivity index (χ2v) is 4.83. The first-order valence-electron chi connectivity index (χ1n) is 6.65. The Labute approximate surface area is 125 Å². The van der Waals surface area contributed by atoms with E-state index in [-0.39, 0.29) is 12.4 Å². The van der Waals surface area contributed by atoms with Gasteiger partial charge in [-0.3, -0.25) is 10.2 Å². The molecule has 0 unspecified atom stereocenters. The van der Waals surface area contributed by atoms with Crippen LogP contribution in [0.3, 0.4) is 0 Å². The minimum Gasteiger partial charge on any atom is -0.288 e. The number of halogens is 2. The minimum absolute atomic E-state index is 0.0551. The topological polar surface area (TPSA) is 48.2 Å². The highest BCUT2D eigenvalue weighted by molar-refractivity contribution is 5.87. The van der Waals surface area contributed by atoms with Crippen molar-refractivity contribution in [1.82, 2.24) is 5.06 Å². The molecule has 0 saturated carbocycles. The predicted octanol–water partition coefficient (Wildman–Crippen LogP) is 1.47. The monoisotopic (exact) mass is 301 g/mol. The van der Waals surface area contributed by atoms with Crippen molar-refractivity contribution in [2.75, 3.05) is 13.6 Å². The van der Waals surface area contributed by atoms with Crippen molar-refractivity contribution < 1.29 is 14.0 Å². The lowest BCUT2D eigenvalue weighted by Gasteiger charge is -2.19. The van der Waals surface area contributed by atoms with E-state index in [1.54, 1.807) is 7.05 Å². The van der Waals surface area contributed by atoms with Crippen LogP contribution < -0.4 is 10.6 Å². The Kier molecular flexibility index (Phi) is 3.68. The van der Waals surface area contributed by atoms with Crippen LogP contribution in [0.2, 0.25) is 0 Å². The highest BCUT2D eigenvalue weighted by Gasteiger charge is 2.17. The maximum atomic E-state index is 13.6. The molecule has 0 bridgehead atoms. The summed E-state index contributed by atoms with van der Waals surface area (Å²) in [6.45, 7) is 0.0551. The Balaban J connectivity index is 2.39. The molecule has 4 nitrogen and oxygen atoms in total. The molecule has 0 fully saturated rings. The number of benzene rings is 2. The quantitative estimate of drug-likeness (QED) is 0.867. The third kappa shape index (κ3) is 2.60. The fourth-order valence-corrected chi connectivity index (χ4v) is 2.35. The Hall–Kier alpha value is -2.60. The Bertz CT molecular complexity index is 860. The zero-order valence-corrected chi connectivity index (χ0v) is 11.8. The molecule has 0 amide bonds. The van der Waals surface area contributed by atoms with Gasteiger partial charge in [-0.25, -0.2) is 18.8 Å². The zero-order valence-electron chi connectivity index (χ0n) is 11.8. The van der Waals surface area contributed by atoms with Gasteiger partial charge in [-0.2, -0.15) is 0 Å². The van der Waals surface area contributed by atoms with Crippen LogP contribution in [0.1, 0.15) is 5.56 Å². The average Bonchev–Trinajstić information content (AvgIpc) is 2.64. The van der Waals surface area contributed by atoms with Crippen LogP contribution in [0.15, 0.2) is 52.4 Å². The standard InChI is InChI=1S/C16H13F2N3O/c1-19-15-9-21(22)16(10-2-4-11(17)5-3-10)13-8-12(18)6-7-14(13)20-15/h2-8,22H,9H2,1H3. The van der Waals surface area contributed by atoms with E-state index in [2.05, 4.69) is 9.98 Å². The Morgan fingerprint density at radius 3 is 2.45 bits per heavy atom. The molecular formula is C16H13F2N3O. The van der Waals surface area contributed by atoms with E-state index in [0.717, 1.165) is 5.06 Å². The van der Waals surface area contributed by atoms with Gasteiger partial charge in [0.15, 0.2) is 0 Å². The first kappa shape index (κ1) is 14.3. The van der Waals surface area contributed by atoms with Gasteiger partial charge in [0.25, 0.3) is 0 Å². The molecular weight excluding hydrogens is 288 g/mol. The van der Waals surface area contributed by atoms with Crippen LogP contribution in [0.25, 0.3) is 5.70 Å². The summed E-state index contributed by atoms with van der Waals surface area (Å²) in [5.41, 5.74) is 0.917. The van der Waals surface area contributed by atoms with Crippen molar-refractivity contribution in [3.8, 4) is 0 Å². The summed E-state index contributed by atoms with van der Waals surface area (Å²) in [6, 6.07) is 9.73. The van der Waals surface area contributed by atoms with Crippen LogP contribution in [0.4, 0.5) is 8.78 Å². The van der Waals surface area contributed by atoms with Gasteiger partial charge in [0.2, 0.25) is 0 Å².